The van der Waals surface area contributed by atoms with Crippen LogP contribution in [0.2, 0.25) is 0 Å². The molecule has 28 heavy (non-hydrogen) atoms. The summed E-state index contributed by atoms with van der Waals surface area (Å²) in [5.41, 5.74) is 11.4. The van der Waals surface area contributed by atoms with E-state index < -0.39 is 5.66 Å². The highest BCUT2D eigenvalue weighted by Crippen LogP contribution is 2.33. The number of rotatable bonds is 5. The largest absolute Gasteiger partial charge is 0.400 e. The Labute approximate surface area is 168 Å². The van der Waals surface area contributed by atoms with Crippen LogP contribution >= 0.6 is 0 Å². The SMILES string of the molecule is C=C/N=C1/CC(NC)(NC)C(c2ccc(C3CCCCC3)cc2)=N/C1=C(/C)N. The molecule has 0 atom stereocenters. The number of nitrogens with zero attached hydrogens (tertiary/aromatic N) is 2. The van der Waals surface area contributed by atoms with E-state index in [1.807, 2.05) is 21.0 Å². The number of benzene rings is 1. The van der Waals surface area contributed by atoms with E-state index in [9.17, 15) is 0 Å². The van der Waals surface area contributed by atoms with Crippen molar-refractivity contribution in [2.75, 3.05) is 14.1 Å². The van der Waals surface area contributed by atoms with Crippen molar-refractivity contribution in [3.63, 3.8) is 0 Å². The van der Waals surface area contributed by atoms with Gasteiger partial charge in [-0.05, 0) is 50.9 Å². The molecule has 1 aromatic rings. The molecule has 0 bridgehead atoms. The van der Waals surface area contributed by atoms with Crippen LogP contribution in [0.4, 0.5) is 0 Å². The molecule has 0 amide bonds. The first-order chi connectivity index (χ1) is 13.5. The molecule has 150 valence electrons. The van der Waals surface area contributed by atoms with Crippen LogP contribution in [0.1, 0.15) is 62.5 Å². The third-order valence-corrected chi connectivity index (χ3v) is 6.07. The number of hydrogen-bond donors (Lipinski definition) is 3. The molecule has 4 N–H and O–H groups in total. The van der Waals surface area contributed by atoms with Crippen LogP contribution < -0.4 is 16.4 Å². The molecule has 3 rings (SSSR count). The van der Waals surface area contributed by atoms with E-state index in [-0.39, 0.29) is 0 Å². The van der Waals surface area contributed by atoms with E-state index in [4.69, 9.17) is 10.7 Å². The first-order valence-corrected chi connectivity index (χ1v) is 10.3. The van der Waals surface area contributed by atoms with Gasteiger partial charge in [-0.2, -0.15) is 0 Å². The summed E-state index contributed by atoms with van der Waals surface area (Å²) in [7, 11) is 3.88. The fourth-order valence-electron chi connectivity index (χ4n) is 4.42. The molecule has 5 nitrogen and oxygen atoms in total. The van der Waals surface area contributed by atoms with Crippen molar-refractivity contribution < 1.29 is 0 Å². The molecule has 1 fully saturated rings. The van der Waals surface area contributed by atoms with E-state index >= 15 is 0 Å². The van der Waals surface area contributed by atoms with Crippen LogP contribution in [0.5, 0.6) is 0 Å². The van der Waals surface area contributed by atoms with Crippen LogP contribution in [-0.2, 0) is 0 Å². The van der Waals surface area contributed by atoms with Gasteiger partial charge in [-0.1, -0.05) is 50.1 Å². The zero-order valence-electron chi connectivity index (χ0n) is 17.4. The minimum atomic E-state index is -0.507. The first-order valence-electron chi connectivity index (χ1n) is 10.3. The van der Waals surface area contributed by atoms with Crippen molar-refractivity contribution >= 4 is 11.4 Å². The standard InChI is InChI=1S/C23H33N5/c1-5-27-20-15-23(25-3,26-4)22(28-21(20)16(2)24)19-13-11-18(12-14-19)17-9-7-6-8-10-17/h5,11-14,17,25-26H,1,6-10,15,24H2,2-4H3/b21-16-,27-20-. The quantitative estimate of drug-likeness (QED) is 0.681. The normalized spacial score (nSPS) is 23.4. The summed E-state index contributed by atoms with van der Waals surface area (Å²) in [6, 6.07) is 8.95. The monoisotopic (exact) mass is 379 g/mol. The predicted molar refractivity (Wildman–Crippen MR) is 119 cm³/mol. The summed E-state index contributed by atoms with van der Waals surface area (Å²) in [6.45, 7) is 5.61. The Kier molecular flexibility index (Phi) is 6.47. The van der Waals surface area contributed by atoms with Crippen molar-refractivity contribution in [2.45, 2.75) is 57.0 Å². The van der Waals surface area contributed by atoms with Gasteiger partial charge in [0.15, 0.2) is 0 Å². The summed E-state index contributed by atoms with van der Waals surface area (Å²) in [6.07, 6.45) is 8.86. The van der Waals surface area contributed by atoms with Gasteiger partial charge in [0.2, 0.25) is 0 Å². The summed E-state index contributed by atoms with van der Waals surface area (Å²) in [4.78, 5) is 9.39. The van der Waals surface area contributed by atoms with Crippen molar-refractivity contribution in [1.82, 2.24) is 10.6 Å². The molecule has 0 aromatic heterocycles. The molecule has 1 aliphatic carbocycles. The lowest BCUT2D eigenvalue weighted by molar-refractivity contribution is 0.416. The molecule has 0 spiro atoms. The molecule has 1 saturated carbocycles. The molecule has 1 aromatic carbocycles. The second-order valence-corrected chi connectivity index (χ2v) is 7.79. The fourth-order valence-corrected chi connectivity index (χ4v) is 4.42. The maximum Gasteiger partial charge on any atom is 0.118 e. The summed E-state index contributed by atoms with van der Waals surface area (Å²) in [5.74, 6) is 0.697. The number of nitrogens with one attached hydrogen (secondary N) is 2. The van der Waals surface area contributed by atoms with Gasteiger partial charge >= 0.3 is 0 Å². The highest BCUT2D eigenvalue weighted by molar-refractivity contribution is 6.17. The van der Waals surface area contributed by atoms with E-state index in [0.717, 1.165) is 22.7 Å². The molecule has 2 aliphatic rings. The second kappa shape index (κ2) is 8.84. The zero-order valence-corrected chi connectivity index (χ0v) is 17.4. The van der Waals surface area contributed by atoms with Crippen molar-refractivity contribution in [3.8, 4) is 0 Å². The van der Waals surface area contributed by atoms with Crippen LogP contribution in [-0.4, -0.2) is 31.2 Å². The van der Waals surface area contributed by atoms with E-state index in [1.165, 1.54) is 37.7 Å². The van der Waals surface area contributed by atoms with Crippen LogP contribution in [0, 0.1) is 0 Å². The number of allylic oxidation sites excluding steroid dienone is 2. The second-order valence-electron chi connectivity index (χ2n) is 7.79. The third kappa shape index (κ3) is 3.96. The summed E-state index contributed by atoms with van der Waals surface area (Å²) in [5, 5.41) is 6.84. The van der Waals surface area contributed by atoms with Crippen LogP contribution in [0.3, 0.4) is 0 Å². The fraction of sp³-hybridized carbons (Fsp3) is 0.478. The first kappa shape index (κ1) is 20.5. The molecule has 0 radical (unpaired) electrons. The Morgan fingerprint density at radius 1 is 1.18 bits per heavy atom. The maximum atomic E-state index is 6.14. The minimum absolute atomic E-state index is 0.507. The Hall–Kier alpha value is -2.24. The molecule has 0 saturated heterocycles. The Balaban J connectivity index is 2.03. The Morgan fingerprint density at radius 2 is 1.82 bits per heavy atom. The van der Waals surface area contributed by atoms with Crippen molar-refractivity contribution in [1.29, 1.82) is 0 Å². The lowest BCUT2D eigenvalue weighted by atomic mass is 9.82. The smallest absolute Gasteiger partial charge is 0.118 e. The maximum absolute atomic E-state index is 6.14. The number of aliphatic imine (C=N–C) groups is 2. The molecule has 1 heterocycles. The van der Waals surface area contributed by atoms with E-state index in [0.29, 0.717) is 18.0 Å². The van der Waals surface area contributed by atoms with E-state index in [2.05, 4.69) is 46.5 Å². The average molecular weight is 380 g/mol. The lowest BCUT2D eigenvalue weighted by Gasteiger charge is -2.39. The summed E-state index contributed by atoms with van der Waals surface area (Å²) < 4.78 is 0. The lowest BCUT2D eigenvalue weighted by Crippen LogP contribution is -2.63. The predicted octanol–water partition coefficient (Wildman–Crippen LogP) is 3.84. The van der Waals surface area contributed by atoms with Gasteiger partial charge < -0.3 is 5.73 Å². The van der Waals surface area contributed by atoms with Gasteiger partial charge in [0, 0.05) is 18.3 Å². The summed E-state index contributed by atoms with van der Waals surface area (Å²) >= 11 is 0. The average Bonchev–Trinajstić information content (AvgIpc) is 2.74. The van der Waals surface area contributed by atoms with Crippen LogP contribution in [0.25, 0.3) is 0 Å². The Morgan fingerprint density at radius 3 is 2.36 bits per heavy atom. The zero-order chi connectivity index (χ0) is 20.1. The van der Waals surface area contributed by atoms with Gasteiger partial charge in [0.25, 0.3) is 0 Å². The van der Waals surface area contributed by atoms with E-state index in [1.54, 1.807) is 6.20 Å². The Bertz CT molecular complexity index is 787. The minimum Gasteiger partial charge on any atom is -0.400 e. The van der Waals surface area contributed by atoms with Crippen molar-refractivity contribution in [2.24, 2.45) is 15.7 Å². The number of likely N-dealkylation sites (N-methyl/N-ethyl adjacent to an activating group) is 2. The number of hydrogen-bond acceptors (Lipinski definition) is 5. The van der Waals surface area contributed by atoms with Gasteiger partial charge in [-0.25, -0.2) is 4.99 Å². The highest BCUT2D eigenvalue weighted by atomic mass is 15.2. The number of nitrogens with two attached hydrogens (primary N) is 1. The molecular formula is C23H33N5. The van der Waals surface area contributed by atoms with Gasteiger partial charge in [-0.15, -0.1) is 0 Å². The van der Waals surface area contributed by atoms with Gasteiger partial charge in [0.05, 0.1) is 11.4 Å². The molecular weight excluding hydrogens is 346 g/mol. The van der Waals surface area contributed by atoms with Gasteiger partial charge in [0.1, 0.15) is 11.4 Å². The molecule has 0 unspecified atom stereocenters. The highest BCUT2D eigenvalue weighted by Gasteiger charge is 2.40. The third-order valence-electron chi connectivity index (χ3n) is 6.07. The van der Waals surface area contributed by atoms with Gasteiger partial charge in [-0.3, -0.25) is 15.6 Å². The van der Waals surface area contributed by atoms with Crippen LogP contribution in [0.15, 0.2) is 58.4 Å². The molecule has 5 heteroatoms. The topological polar surface area (TPSA) is 74.8 Å². The molecule has 1 aliphatic heterocycles. The van der Waals surface area contributed by atoms with Crippen molar-refractivity contribution in [3.05, 3.63) is 59.6 Å².